The largest absolute Gasteiger partial charge is 0.452 e. The zero-order valence-corrected chi connectivity index (χ0v) is 19.7. The molecule has 0 fully saturated rings. The number of carbonyl (C=O) groups is 2. The second-order valence-electron chi connectivity index (χ2n) is 8.87. The SMILES string of the molecule is Cc1ccc(NC(=O)COC(=O)c2c3c(nc4ccccc24)CCN(Cc2ccccc2)C3)cc1. The number of hydrogen-bond donors (Lipinski definition) is 1. The van der Waals surface area contributed by atoms with Gasteiger partial charge in [-0.1, -0.05) is 66.2 Å². The molecule has 176 valence electrons. The van der Waals surface area contributed by atoms with Gasteiger partial charge in [0.05, 0.1) is 11.1 Å². The van der Waals surface area contributed by atoms with Crippen molar-refractivity contribution in [2.75, 3.05) is 18.5 Å². The number of esters is 1. The van der Waals surface area contributed by atoms with Crippen molar-refractivity contribution in [2.24, 2.45) is 0 Å². The molecule has 0 bridgehead atoms. The average molecular weight is 466 g/mol. The minimum atomic E-state index is -0.500. The number of fused-ring (bicyclic) bond motifs is 2. The van der Waals surface area contributed by atoms with Crippen LogP contribution in [0, 0.1) is 6.92 Å². The van der Waals surface area contributed by atoms with Crippen LogP contribution in [0.25, 0.3) is 10.9 Å². The standard InChI is InChI=1S/C29H27N3O3/c1-20-11-13-22(14-12-20)30-27(33)19-35-29(34)28-23-9-5-6-10-25(23)31-26-15-16-32(18-24(26)28)17-21-7-3-2-4-8-21/h2-14H,15-19H2,1H3,(H,30,33). The molecule has 0 spiro atoms. The Morgan fingerprint density at radius 3 is 2.51 bits per heavy atom. The van der Waals surface area contributed by atoms with Gasteiger partial charge in [0.15, 0.2) is 6.61 Å². The first-order chi connectivity index (χ1) is 17.1. The molecule has 35 heavy (non-hydrogen) atoms. The highest BCUT2D eigenvalue weighted by atomic mass is 16.5. The monoisotopic (exact) mass is 465 g/mol. The summed E-state index contributed by atoms with van der Waals surface area (Å²) in [6.07, 6.45) is 0.751. The maximum absolute atomic E-state index is 13.3. The lowest BCUT2D eigenvalue weighted by Crippen LogP contribution is -2.32. The number of nitrogens with one attached hydrogen (secondary N) is 1. The van der Waals surface area contributed by atoms with Crippen LogP contribution in [0.5, 0.6) is 0 Å². The zero-order chi connectivity index (χ0) is 24.2. The molecule has 0 unspecified atom stereocenters. The smallest absolute Gasteiger partial charge is 0.339 e. The van der Waals surface area contributed by atoms with Gasteiger partial charge in [0.25, 0.3) is 5.91 Å². The number of nitrogens with zero attached hydrogens (tertiary/aromatic N) is 2. The molecule has 6 heteroatoms. The fraction of sp³-hybridized carbons (Fsp3) is 0.207. The van der Waals surface area contributed by atoms with Crippen LogP contribution < -0.4 is 5.32 Å². The van der Waals surface area contributed by atoms with E-state index in [-0.39, 0.29) is 12.5 Å². The minimum Gasteiger partial charge on any atom is -0.452 e. The average Bonchev–Trinajstić information content (AvgIpc) is 2.88. The highest BCUT2D eigenvalue weighted by Gasteiger charge is 2.27. The second kappa shape index (κ2) is 10.1. The predicted octanol–water partition coefficient (Wildman–Crippen LogP) is 4.90. The van der Waals surface area contributed by atoms with Crippen LogP contribution in [-0.4, -0.2) is 34.9 Å². The number of para-hydroxylation sites is 1. The Bertz CT molecular complexity index is 1370. The zero-order valence-electron chi connectivity index (χ0n) is 19.7. The lowest BCUT2D eigenvalue weighted by Gasteiger charge is -2.30. The van der Waals surface area contributed by atoms with Crippen molar-refractivity contribution < 1.29 is 14.3 Å². The molecule has 2 heterocycles. The molecule has 1 aliphatic heterocycles. The van der Waals surface area contributed by atoms with Gasteiger partial charge in [-0.2, -0.15) is 0 Å². The van der Waals surface area contributed by atoms with Crippen molar-refractivity contribution in [3.8, 4) is 0 Å². The lowest BCUT2D eigenvalue weighted by atomic mass is 9.95. The van der Waals surface area contributed by atoms with Crippen molar-refractivity contribution in [1.29, 1.82) is 0 Å². The molecular weight excluding hydrogens is 438 g/mol. The number of benzene rings is 3. The molecule has 1 aromatic heterocycles. The Morgan fingerprint density at radius 1 is 0.971 bits per heavy atom. The summed E-state index contributed by atoms with van der Waals surface area (Å²) in [5, 5.41) is 3.52. The normalized spacial score (nSPS) is 13.3. The number of aromatic nitrogens is 1. The first-order valence-corrected chi connectivity index (χ1v) is 11.8. The fourth-order valence-electron chi connectivity index (χ4n) is 4.49. The van der Waals surface area contributed by atoms with Gasteiger partial charge in [-0.25, -0.2) is 4.79 Å². The minimum absolute atomic E-state index is 0.355. The number of amides is 1. The Balaban J connectivity index is 1.37. The molecule has 1 amide bonds. The number of pyridine rings is 1. The van der Waals surface area contributed by atoms with E-state index in [4.69, 9.17) is 9.72 Å². The number of anilines is 1. The molecule has 1 aliphatic rings. The van der Waals surface area contributed by atoms with Gasteiger partial charge in [-0.15, -0.1) is 0 Å². The van der Waals surface area contributed by atoms with E-state index in [0.29, 0.717) is 17.8 Å². The third kappa shape index (κ3) is 5.23. The van der Waals surface area contributed by atoms with Gasteiger partial charge >= 0.3 is 5.97 Å². The van der Waals surface area contributed by atoms with E-state index >= 15 is 0 Å². The first kappa shape index (κ1) is 22.7. The number of hydrogen-bond acceptors (Lipinski definition) is 5. The van der Waals surface area contributed by atoms with Gasteiger partial charge in [0.1, 0.15) is 0 Å². The van der Waals surface area contributed by atoms with Crippen LogP contribution in [0.1, 0.15) is 32.7 Å². The summed E-state index contributed by atoms with van der Waals surface area (Å²) in [7, 11) is 0. The Labute approximate surface area is 204 Å². The van der Waals surface area contributed by atoms with Gasteiger partial charge in [0.2, 0.25) is 0 Å². The molecular formula is C29H27N3O3. The molecule has 0 saturated carbocycles. The molecule has 1 N–H and O–H groups in total. The molecule has 0 radical (unpaired) electrons. The highest BCUT2D eigenvalue weighted by Crippen LogP contribution is 2.29. The molecule has 6 nitrogen and oxygen atoms in total. The highest BCUT2D eigenvalue weighted by molar-refractivity contribution is 6.06. The van der Waals surface area contributed by atoms with Crippen LogP contribution in [0.2, 0.25) is 0 Å². The summed E-state index contributed by atoms with van der Waals surface area (Å²) in [5.41, 5.74) is 6.07. The van der Waals surface area contributed by atoms with Crippen molar-refractivity contribution in [1.82, 2.24) is 9.88 Å². The summed E-state index contributed by atoms with van der Waals surface area (Å²) < 4.78 is 5.52. The molecule has 0 atom stereocenters. The second-order valence-corrected chi connectivity index (χ2v) is 8.87. The number of carbonyl (C=O) groups excluding carboxylic acids is 2. The molecule has 4 aromatic rings. The summed E-state index contributed by atoms with van der Waals surface area (Å²) in [6, 6.07) is 25.4. The third-order valence-corrected chi connectivity index (χ3v) is 6.25. The number of aryl methyl sites for hydroxylation is 1. The first-order valence-electron chi connectivity index (χ1n) is 11.8. The number of rotatable bonds is 6. The molecule has 0 aliphatic carbocycles. The van der Waals surface area contributed by atoms with Crippen molar-refractivity contribution in [3.63, 3.8) is 0 Å². The molecule has 0 saturated heterocycles. The van der Waals surface area contributed by atoms with Crippen LogP contribution in [0.4, 0.5) is 5.69 Å². The van der Waals surface area contributed by atoms with Gasteiger partial charge in [0, 0.05) is 48.4 Å². The molecule has 3 aromatic carbocycles. The van der Waals surface area contributed by atoms with E-state index in [2.05, 4.69) is 22.3 Å². The van der Waals surface area contributed by atoms with Crippen LogP contribution in [0.15, 0.2) is 78.9 Å². The Kier molecular flexibility index (Phi) is 6.55. The van der Waals surface area contributed by atoms with Crippen LogP contribution in [0.3, 0.4) is 0 Å². The van der Waals surface area contributed by atoms with Gasteiger partial charge < -0.3 is 10.1 Å². The van der Waals surface area contributed by atoms with Crippen LogP contribution in [-0.2, 0) is 29.0 Å². The van der Waals surface area contributed by atoms with E-state index in [1.165, 1.54) is 5.56 Å². The predicted molar refractivity (Wildman–Crippen MR) is 136 cm³/mol. The van der Waals surface area contributed by atoms with E-state index in [1.54, 1.807) is 0 Å². The van der Waals surface area contributed by atoms with Crippen LogP contribution >= 0.6 is 0 Å². The third-order valence-electron chi connectivity index (χ3n) is 6.25. The fourth-order valence-corrected chi connectivity index (χ4v) is 4.49. The van der Waals surface area contributed by atoms with E-state index in [0.717, 1.165) is 47.2 Å². The Hall–Kier alpha value is -4.03. The van der Waals surface area contributed by atoms with Gasteiger partial charge in [-0.05, 0) is 30.7 Å². The van der Waals surface area contributed by atoms with Crippen molar-refractivity contribution in [2.45, 2.75) is 26.4 Å². The number of ether oxygens (including phenoxy) is 1. The topological polar surface area (TPSA) is 71.5 Å². The van der Waals surface area contributed by atoms with Crippen molar-refractivity contribution in [3.05, 3.63) is 107 Å². The Morgan fingerprint density at radius 2 is 1.71 bits per heavy atom. The van der Waals surface area contributed by atoms with Gasteiger partial charge in [-0.3, -0.25) is 14.7 Å². The van der Waals surface area contributed by atoms with E-state index in [1.807, 2.05) is 73.7 Å². The van der Waals surface area contributed by atoms with E-state index in [9.17, 15) is 9.59 Å². The summed E-state index contributed by atoms with van der Waals surface area (Å²) in [5.74, 6) is -0.874. The summed E-state index contributed by atoms with van der Waals surface area (Å²) in [4.78, 5) is 32.9. The summed E-state index contributed by atoms with van der Waals surface area (Å²) in [6.45, 7) is 3.88. The lowest BCUT2D eigenvalue weighted by molar-refractivity contribution is -0.119. The quantitative estimate of drug-likeness (QED) is 0.410. The maximum atomic E-state index is 13.3. The van der Waals surface area contributed by atoms with Crippen molar-refractivity contribution >= 4 is 28.5 Å². The molecule has 5 rings (SSSR count). The summed E-state index contributed by atoms with van der Waals surface area (Å²) >= 11 is 0. The maximum Gasteiger partial charge on any atom is 0.339 e. The van der Waals surface area contributed by atoms with E-state index < -0.39 is 5.97 Å².